The molecule has 0 unspecified atom stereocenters. The molecule has 0 spiro atoms. The van der Waals surface area contributed by atoms with Crippen molar-refractivity contribution < 1.29 is 27.5 Å². The fourth-order valence-electron chi connectivity index (χ4n) is 4.07. The number of amides is 2. The molecule has 0 radical (unpaired) electrons. The van der Waals surface area contributed by atoms with Crippen LogP contribution in [0.3, 0.4) is 0 Å². The van der Waals surface area contributed by atoms with Crippen LogP contribution in [-0.4, -0.2) is 54.4 Å². The number of hydrogen-bond acceptors (Lipinski definition) is 4. The Morgan fingerprint density at radius 2 is 1.61 bits per heavy atom. The standard InChI is InChI=1S/C24H28F3N3O3/c1-15-16(2)21(33-14-22(28)31)9-8-20(15)17(3)29-10-12-30(13-11-29)23(32)18-4-6-19(7-5-18)24(25,26)27/h4-9,17H,10-14H2,1-3H3,(H2,28,31)/t17-/m1/s1. The number of halogens is 3. The predicted octanol–water partition coefficient (Wildman–Crippen LogP) is 3.71. The number of carbonyl (C=O) groups is 2. The van der Waals surface area contributed by atoms with Gasteiger partial charge in [0.05, 0.1) is 5.56 Å². The van der Waals surface area contributed by atoms with Crippen molar-refractivity contribution in [2.75, 3.05) is 32.8 Å². The first kappa shape index (κ1) is 24.6. The number of piperazine rings is 1. The van der Waals surface area contributed by atoms with Crippen LogP contribution in [0.15, 0.2) is 36.4 Å². The lowest BCUT2D eigenvalue weighted by Gasteiger charge is -2.39. The molecule has 1 saturated heterocycles. The van der Waals surface area contributed by atoms with Crippen molar-refractivity contribution in [3.63, 3.8) is 0 Å². The van der Waals surface area contributed by atoms with Gasteiger partial charge in [-0.2, -0.15) is 13.2 Å². The van der Waals surface area contributed by atoms with Crippen molar-refractivity contribution in [1.29, 1.82) is 0 Å². The molecular formula is C24H28F3N3O3. The van der Waals surface area contributed by atoms with Crippen molar-refractivity contribution in [2.45, 2.75) is 33.0 Å². The van der Waals surface area contributed by atoms with Gasteiger partial charge in [-0.25, -0.2) is 0 Å². The van der Waals surface area contributed by atoms with E-state index in [2.05, 4.69) is 11.8 Å². The average molecular weight is 464 g/mol. The topological polar surface area (TPSA) is 75.9 Å². The number of ether oxygens (including phenoxy) is 1. The summed E-state index contributed by atoms with van der Waals surface area (Å²) >= 11 is 0. The molecule has 2 aromatic carbocycles. The molecule has 6 nitrogen and oxygen atoms in total. The third-order valence-electron chi connectivity index (χ3n) is 6.21. The SMILES string of the molecule is Cc1c(OCC(N)=O)ccc([C@@H](C)N2CCN(C(=O)c3ccc(C(F)(F)F)cc3)CC2)c1C. The van der Waals surface area contributed by atoms with Crippen molar-refractivity contribution in [2.24, 2.45) is 5.73 Å². The maximum Gasteiger partial charge on any atom is 0.416 e. The zero-order valence-electron chi connectivity index (χ0n) is 18.9. The first-order chi connectivity index (χ1) is 15.5. The Bertz CT molecular complexity index is 1010. The van der Waals surface area contributed by atoms with Crippen LogP contribution in [0, 0.1) is 13.8 Å². The van der Waals surface area contributed by atoms with Crippen LogP contribution in [0.4, 0.5) is 13.2 Å². The van der Waals surface area contributed by atoms with Gasteiger partial charge in [-0.1, -0.05) is 6.07 Å². The van der Waals surface area contributed by atoms with Gasteiger partial charge in [0, 0.05) is 37.8 Å². The fourth-order valence-corrected chi connectivity index (χ4v) is 4.07. The van der Waals surface area contributed by atoms with Crippen LogP contribution >= 0.6 is 0 Å². The van der Waals surface area contributed by atoms with E-state index in [1.165, 1.54) is 12.1 Å². The van der Waals surface area contributed by atoms with Crippen LogP contribution in [0.25, 0.3) is 0 Å². The number of primary amides is 1. The Morgan fingerprint density at radius 3 is 2.15 bits per heavy atom. The maximum absolute atomic E-state index is 12.8. The molecular weight excluding hydrogens is 435 g/mol. The normalized spacial score (nSPS) is 15.9. The molecule has 0 bridgehead atoms. The highest BCUT2D eigenvalue weighted by Gasteiger charge is 2.31. The summed E-state index contributed by atoms with van der Waals surface area (Å²) in [6, 6.07) is 8.24. The lowest BCUT2D eigenvalue weighted by atomic mass is 9.96. The van der Waals surface area contributed by atoms with E-state index in [1.807, 2.05) is 26.0 Å². The highest BCUT2D eigenvalue weighted by atomic mass is 19.4. The Hall–Kier alpha value is -3.07. The number of nitrogens with zero attached hydrogens (tertiary/aromatic N) is 2. The molecule has 1 aliphatic rings. The second kappa shape index (κ2) is 9.82. The molecule has 1 heterocycles. The summed E-state index contributed by atoms with van der Waals surface area (Å²) in [5.74, 6) is -0.179. The van der Waals surface area contributed by atoms with Crippen molar-refractivity contribution in [3.8, 4) is 5.75 Å². The maximum atomic E-state index is 12.8. The summed E-state index contributed by atoms with van der Waals surface area (Å²) < 4.78 is 43.7. The number of benzene rings is 2. The molecule has 9 heteroatoms. The van der Waals surface area contributed by atoms with E-state index in [4.69, 9.17) is 10.5 Å². The zero-order valence-corrected chi connectivity index (χ0v) is 18.9. The van der Waals surface area contributed by atoms with Gasteiger partial charge in [0.25, 0.3) is 11.8 Å². The number of carbonyl (C=O) groups excluding carboxylic acids is 2. The molecule has 2 amide bonds. The third kappa shape index (κ3) is 5.65. The largest absolute Gasteiger partial charge is 0.484 e. The Morgan fingerprint density at radius 1 is 1.00 bits per heavy atom. The smallest absolute Gasteiger partial charge is 0.416 e. The van der Waals surface area contributed by atoms with Gasteiger partial charge in [-0.05, 0) is 67.8 Å². The van der Waals surface area contributed by atoms with E-state index in [0.717, 1.165) is 28.8 Å². The van der Waals surface area contributed by atoms with Gasteiger partial charge < -0.3 is 15.4 Å². The average Bonchev–Trinajstić information content (AvgIpc) is 2.78. The van der Waals surface area contributed by atoms with Gasteiger partial charge in [-0.15, -0.1) is 0 Å². The monoisotopic (exact) mass is 463 g/mol. The molecule has 3 rings (SSSR count). The lowest BCUT2D eigenvalue weighted by molar-refractivity contribution is -0.137. The van der Waals surface area contributed by atoms with E-state index in [9.17, 15) is 22.8 Å². The van der Waals surface area contributed by atoms with Gasteiger partial charge >= 0.3 is 6.18 Å². The van der Waals surface area contributed by atoms with E-state index in [1.54, 1.807) is 4.90 Å². The summed E-state index contributed by atoms with van der Waals surface area (Å²) in [5.41, 5.74) is 7.77. The lowest BCUT2D eigenvalue weighted by Crippen LogP contribution is -2.49. The van der Waals surface area contributed by atoms with E-state index >= 15 is 0 Å². The van der Waals surface area contributed by atoms with E-state index < -0.39 is 17.6 Å². The van der Waals surface area contributed by atoms with Crippen LogP contribution < -0.4 is 10.5 Å². The summed E-state index contributed by atoms with van der Waals surface area (Å²) in [6.07, 6.45) is -4.42. The minimum absolute atomic E-state index is 0.0946. The zero-order chi connectivity index (χ0) is 24.3. The molecule has 1 atom stereocenters. The number of alkyl halides is 3. The van der Waals surface area contributed by atoms with Crippen LogP contribution in [-0.2, 0) is 11.0 Å². The molecule has 0 aromatic heterocycles. The molecule has 1 aliphatic heterocycles. The van der Waals surface area contributed by atoms with Crippen molar-refractivity contribution in [3.05, 3.63) is 64.2 Å². The van der Waals surface area contributed by atoms with Crippen LogP contribution in [0.5, 0.6) is 5.75 Å². The quantitative estimate of drug-likeness (QED) is 0.709. The van der Waals surface area contributed by atoms with Crippen LogP contribution in [0.2, 0.25) is 0 Å². The second-order valence-corrected chi connectivity index (χ2v) is 8.24. The third-order valence-corrected chi connectivity index (χ3v) is 6.21. The van der Waals surface area contributed by atoms with Gasteiger partial charge in [0.1, 0.15) is 5.75 Å². The Kier molecular flexibility index (Phi) is 7.31. The van der Waals surface area contributed by atoms with E-state index in [0.29, 0.717) is 31.9 Å². The van der Waals surface area contributed by atoms with Gasteiger partial charge in [0.2, 0.25) is 0 Å². The molecule has 2 aromatic rings. The highest BCUT2D eigenvalue weighted by Crippen LogP contribution is 2.32. The fraction of sp³-hybridized carbons (Fsp3) is 0.417. The summed E-state index contributed by atoms with van der Waals surface area (Å²) in [7, 11) is 0. The molecule has 2 N–H and O–H groups in total. The molecule has 0 saturated carbocycles. The van der Waals surface area contributed by atoms with Crippen molar-refractivity contribution in [1.82, 2.24) is 9.80 Å². The molecule has 0 aliphatic carbocycles. The minimum atomic E-state index is -4.42. The van der Waals surface area contributed by atoms with Gasteiger partial charge in [0.15, 0.2) is 6.61 Å². The van der Waals surface area contributed by atoms with Gasteiger partial charge in [-0.3, -0.25) is 14.5 Å². The Labute approximate surface area is 191 Å². The second-order valence-electron chi connectivity index (χ2n) is 8.24. The predicted molar refractivity (Wildman–Crippen MR) is 118 cm³/mol. The minimum Gasteiger partial charge on any atom is -0.484 e. The molecule has 33 heavy (non-hydrogen) atoms. The van der Waals surface area contributed by atoms with E-state index in [-0.39, 0.29) is 24.1 Å². The first-order valence-electron chi connectivity index (χ1n) is 10.7. The molecule has 178 valence electrons. The first-order valence-corrected chi connectivity index (χ1v) is 10.7. The molecule has 1 fully saturated rings. The number of nitrogens with two attached hydrogens (primary N) is 1. The number of hydrogen-bond donors (Lipinski definition) is 1. The van der Waals surface area contributed by atoms with Crippen LogP contribution in [0.1, 0.15) is 45.6 Å². The summed E-state index contributed by atoms with van der Waals surface area (Å²) in [5, 5.41) is 0. The Balaban J connectivity index is 1.63. The number of rotatable bonds is 6. The summed E-state index contributed by atoms with van der Waals surface area (Å²) in [4.78, 5) is 27.7. The summed E-state index contributed by atoms with van der Waals surface area (Å²) in [6.45, 7) is 8.12. The van der Waals surface area contributed by atoms with Crippen molar-refractivity contribution >= 4 is 11.8 Å². The highest BCUT2D eigenvalue weighted by molar-refractivity contribution is 5.94.